The number of carbonyl (C=O) groups is 1. The molecule has 2 aliphatic heterocycles. The van der Waals surface area contributed by atoms with Gasteiger partial charge in [0.05, 0.1) is 18.8 Å². The minimum absolute atomic E-state index is 0.184. The number of hydrogen-bond donors (Lipinski definition) is 1. The van der Waals surface area contributed by atoms with E-state index in [0.717, 1.165) is 23.1 Å². The summed E-state index contributed by atoms with van der Waals surface area (Å²) in [4.78, 5) is 14.2. The molecule has 0 saturated heterocycles. The molecule has 0 spiro atoms. The number of nitrogens with one attached hydrogen (secondary N) is 1. The van der Waals surface area contributed by atoms with Crippen LogP contribution in [0, 0.1) is 0 Å². The fourth-order valence-corrected chi connectivity index (χ4v) is 4.06. The third-order valence-electron chi connectivity index (χ3n) is 4.55. The number of sulfonamides is 1. The van der Waals surface area contributed by atoms with E-state index in [1.165, 1.54) is 6.92 Å². The molecule has 3 heterocycles. The van der Waals surface area contributed by atoms with Crippen molar-refractivity contribution in [2.24, 2.45) is 0 Å². The van der Waals surface area contributed by atoms with Crippen LogP contribution in [-0.2, 0) is 27.8 Å². The van der Waals surface area contributed by atoms with Crippen LogP contribution in [0.5, 0.6) is 11.5 Å². The molecule has 2 aromatic rings. The maximum atomic E-state index is 12.6. The second-order valence-corrected chi connectivity index (χ2v) is 8.40. The Morgan fingerprint density at radius 1 is 1.30 bits per heavy atom. The highest BCUT2D eigenvalue weighted by molar-refractivity contribution is 7.88. The molecule has 1 amide bonds. The Bertz CT molecular complexity index is 1000. The van der Waals surface area contributed by atoms with Gasteiger partial charge < -0.3 is 18.9 Å². The molecule has 10 heteroatoms. The monoisotopic (exact) mass is 393 g/mol. The van der Waals surface area contributed by atoms with Gasteiger partial charge in [-0.25, -0.2) is 13.1 Å². The summed E-state index contributed by atoms with van der Waals surface area (Å²) < 4.78 is 41.3. The number of rotatable bonds is 4. The van der Waals surface area contributed by atoms with Gasteiger partial charge in [0, 0.05) is 24.1 Å². The van der Waals surface area contributed by atoms with Gasteiger partial charge in [-0.2, -0.15) is 0 Å². The lowest BCUT2D eigenvalue weighted by atomic mass is 10.0. The fraction of sp³-hybridized carbons (Fsp3) is 0.412. The van der Waals surface area contributed by atoms with E-state index < -0.39 is 16.1 Å². The van der Waals surface area contributed by atoms with Crippen LogP contribution in [0.4, 0.5) is 0 Å². The third-order valence-corrected chi connectivity index (χ3v) is 5.33. The maximum absolute atomic E-state index is 12.6. The topological polar surface area (TPSA) is 111 Å². The van der Waals surface area contributed by atoms with E-state index in [4.69, 9.17) is 14.0 Å². The van der Waals surface area contributed by atoms with E-state index in [1.54, 1.807) is 4.90 Å². The Hall–Kier alpha value is -2.59. The van der Waals surface area contributed by atoms with Crippen molar-refractivity contribution in [2.45, 2.75) is 25.9 Å². The van der Waals surface area contributed by atoms with Crippen molar-refractivity contribution in [1.82, 2.24) is 14.8 Å². The van der Waals surface area contributed by atoms with E-state index in [9.17, 15) is 13.2 Å². The molecule has 2 aliphatic rings. The second kappa shape index (κ2) is 6.54. The molecule has 144 valence electrons. The molecule has 9 nitrogen and oxygen atoms in total. The maximum Gasteiger partial charge on any atom is 0.240 e. The summed E-state index contributed by atoms with van der Waals surface area (Å²) >= 11 is 0. The first-order valence-corrected chi connectivity index (χ1v) is 10.3. The average Bonchev–Trinajstić information content (AvgIpc) is 3.24. The molecule has 27 heavy (non-hydrogen) atoms. The summed E-state index contributed by atoms with van der Waals surface area (Å²) in [6.45, 7) is 2.46. The Labute approximate surface area is 156 Å². The van der Waals surface area contributed by atoms with Gasteiger partial charge in [0.25, 0.3) is 0 Å². The quantitative estimate of drug-likeness (QED) is 0.821. The molecular formula is C17H19N3O6S. The number of benzene rings is 1. The van der Waals surface area contributed by atoms with Crippen molar-refractivity contribution in [2.75, 3.05) is 19.6 Å². The fourth-order valence-electron chi connectivity index (χ4n) is 3.31. The summed E-state index contributed by atoms with van der Waals surface area (Å²) in [6.07, 6.45) is 1.55. The van der Waals surface area contributed by atoms with Gasteiger partial charge >= 0.3 is 0 Å². The zero-order valence-electron chi connectivity index (χ0n) is 14.9. The van der Waals surface area contributed by atoms with Gasteiger partial charge in [-0.1, -0.05) is 5.16 Å². The van der Waals surface area contributed by atoms with Crippen molar-refractivity contribution >= 4 is 15.9 Å². The molecule has 0 saturated carbocycles. The van der Waals surface area contributed by atoms with E-state index in [2.05, 4.69) is 9.88 Å². The molecule has 1 atom stereocenters. The average molecular weight is 393 g/mol. The Kier molecular flexibility index (Phi) is 4.31. The number of hydrogen-bond acceptors (Lipinski definition) is 7. The standard InChI is InChI=1S/C17H19N3O6S/c1-10(19-27(2,22)23)17(21)20-6-5-13-12(8-20)16(18-26-13)11-3-4-14-15(7-11)25-9-24-14/h3-4,7,10,19H,5-6,8-9H2,1-2H3. The first-order chi connectivity index (χ1) is 12.8. The summed E-state index contributed by atoms with van der Waals surface area (Å²) in [5.41, 5.74) is 2.27. The highest BCUT2D eigenvalue weighted by Gasteiger charge is 2.31. The normalized spacial score (nSPS) is 16.9. The molecule has 0 bridgehead atoms. The Balaban J connectivity index is 1.58. The van der Waals surface area contributed by atoms with E-state index in [-0.39, 0.29) is 12.7 Å². The summed E-state index contributed by atoms with van der Waals surface area (Å²) in [7, 11) is -3.47. The van der Waals surface area contributed by atoms with Crippen LogP contribution in [-0.4, -0.2) is 50.0 Å². The van der Waals surface area contributed by atoms with Gasteiger partial charge in [0.1, 0.15) is 11.5 Å². The molecule has 0 fully saturated rings. The first kappa shape index (κ1) is 17.8. The van der Waals surface area contributed by atoms with Gasteiger partial charge in [-0.05, 0) is 25.1 Å². The summed E-state index contributed by atoms with van der Waals surface area (Å²) in [5.74, 6) is 1.76. The van der Waals surface area contributed by atoms with Crippen LogP contribution >= 0.6 is 0 Å². The number of aromatic nitrogens is 1. The SMILES string of the molecule is CC(NS(C)(=O)=O)C(=O)N1CCc2onc(-c3ccc4c(c3)OCO4)c2C1. The van der Waals surface area contributed by atoms with Crippen molar-refractivity contribution in [1.29, 1.82) is 0 Å². The highest BCUT2D eigenvalue weighted by atomic mass is 32.2. The lowest BCUT2D eigenvalue weighted by Crippen LogP contribution is -2.48. The van der Waals surface area contributed by atoms with Crippen LogP contribution in [0.2, 0.25) is 0 Å². The van der Waals surface area contributed by atoms with Crippen molar-refractivity contribution < 1.29 is 27.2 Å². The van der Waals surface area contributed by atoms with Gasteiger partial charge in [-0.3, -0.25) is 4.79 Å². The molecule has 0 aliphatic carbocycles. The summed E-state index contributed by atoms with van der Waals surface area (Å²) in [5, 5.41) is 4.17. The zero-order valence-corrected chi connectivity index (χ0v) is 15.7. The van der Waals surface area contributed by atoms with Crippen LogP contribution in [0.25, 0.3) is 11.3 Å². The first-order valence-electron chi connectivity index (χ1n) is 8.45. The Morgan fingerprint density at radius 2 is 2.07 bits per heavy atom. The van der Waals surface area contributed by atoms with Crippen molar-refractivity contribution in [3.8, 4) is 22.8 Å². The largest absolute Gasteiger partial charge is 0.454 e. The van der Waals surface area contributed by atoms with Gasteiger partial charge in [0.2, 0.25) is 22.7 Å². The smallest absolute Gasteiger partial charge is 0.240 e. The van der Waals surface area contributed by atoms with Crippen LogP contribution < -0.4 is 14.2 Å². The predicted octanol–water partition coefficient (Wildman–Crippen LogP) is 0.893. The molecule has 1 aromatic heterocycles. The highest BCUT2D eigenvalue weighted by Crippen LogP contribution is 2.38. The molecule has 1 unspecified atom stereocenters. The van der Waals surface area contributed by atoms with E-state index in [0.29, 0.717) is 36.7 Å². The minimum Gasteiger partial charge on any atom is -0.454 e. The zero-order chi connectivity index (χ0) is 19.2. The number of nitrogens with zero attached hydrogens (tertiary/aromatic N) is 2. The third kappa shape index (κ3) is 3.50. The van der Waals surface area contributed by atoms with Crippen LogP contribution in [0.15, 0.2) is 22.7 Å². The predicted molar refractivity (Wildman–Crippen MR) is 94.6 cm³/mol. The van der Waals surface area contributed by atoms with Crippen LogP contribution in [0.1, 0.15) is 18.2 Å². The van der Waals surface area contributed by atoms with E-state index >= 15 is 0 Å². The molecular weight excluding hydrogens is 374 g/mol. The number of fused-ring (bicyclic) bond motifs is 2. The number of carbonyl (C=O) groups excluding carboxylic acids is 1. The molecule has 1 aromatic carbocycles. The van der Waals surface area contributed by atoms with Crippen molar-refractivity contribution in [3.63, 3.8) is 0 Å². The van der Waals surface area contributed by atoms with Gasteiger partial charge in [0.15, 0.2) is 11.5 Å². The molecule has 1 N–H and O–H groups in total. The second-order valence-electron chi connectivity index (χ2n) is 6.62. The minimum atomic E-state index is -3.47. The van der Waals surface area contributed by atoms with E-state index in [1.807, 2.05) is 18.2 Å². The Morgan fingerprint density at radius 3 is 2.85 bits per heavy atom. The summed E-state index contributed by atoms with van der Waals surface area (Å²) in [6, 6.07) is 4.66. The number of amides is 1. The van der Waals surface area contributed by atoms with Gasteiger partial charge in [-0.15, -0.1) is 0 Å². The lowest BCUT2D eigenvalue weighted by Gasteiger charge is -2.28. The van der Waals surface area contributed by atoms with Crippen molar-refractivity contribution in [3.05, 3.63) is 29.5 Å². The molecule has 0 radical (unpaired) electrons. The molecule has 4 rings (SSSR count). The number of ether oxygens (including phenoxy) is 2. The lowest BCUT2D eigenvalue weighted by molar-refractivity contribution is -0.133. The van der Waals surface area contributed by atoms with Crippen LogP contribution in [0.3, 0.4) is 0 Å².